The fraction of sp³-hybridized carbons (Fsp3) is 1.00. The molecule has 0 aromatic rings. The van der Waals surface area contributed by atoms with Crippen LogP contribution in [0.5, 0.6) is 0 Å². The van der Waals surface area contributed by atoms with Crippen molar-refractivity contribution >= 4 is 9.84 Å². The average molecular weight is 263 g/mol. The maximum absolute atomic E-state index is 11.7. The van der Waals surface area contributed by atoms with Crippen LogP contribution in [0.1, 0.15) is 53.4 Å². The molecule has 2 atom stereocenters. The third kappa shape index (κ3) is 6.41. The Bertz CT molecular complexity index is 284. The molecule has 0 bridgehead atoms. The molecular formula is C13H29NO2S. The molecule has 0 saturated heterocycles. The summed E-state index contributed by atoms with van der Waals surface area (Å²) in [5, 5.41) is 3.10. The number of rotatable bonds is 9. The second kappa shape index (κ2) is 8.09. The molecule has 0 fully saturated rings. The van der Waals surface area contributed by atoms with Crippen molar-refractivity contribution in [2.24, 2.45) is 5.92 Å². The molecule has 0 saturated carbocycles. The molecular weight excluding hydrogens is 234 g/mol. The molecule has 17 heavy (non-hydrogen) atoms. The summed E-state index contributed by atoms with van der Waals surface area (Å²) in [5.74, 6) is 0.619. The van der Waals surface area contributed by atoms with E-state index in [1.807, 2.05) is 6.92 Å². The van der Waals surface area contributed by atoms with Crippen molar-refractivity contribution in [3.8, 4) is 0 Å². The van der Waals surface area contributed by atoms with Crippen molar-refractivity contribution in [3.63, 3.8) is 0 Å². The van der Waals surface area contributed by atoms with E-state index < -0.39 is 9.84 Å². The zero-order valence-corrected chi connectivity index (χ0v) is 12.8. The van der Waals surface area contributed by atoms with Gasteiger partial charge in [-0.1, -0.05) is 33.6 Å². The molecule has 0 amide bonds. The maximum Gasteiger partial charge on any atom is 0.151 e. The van der Waals surface area contributed by atoms with Crippen LogP contribution in [0.2, 0.25) is 0 Å². The SMILES string of the molecule is CCCNC(CC(CC)CC)C(C)S(C)(=O)=O. The van der Waals surface area contributed by atoms with Gasteiger partial charge in [-0.15, -0.1) is 0 Å². The van der Waals surface area contributed by atoms with E-state index >= 15 is 0 Å². The van der Waals surface area contributed by atoms with E-state index in [0.29, 0.717) is 5.92 Å². The summed E-state index contributed by atoms with van der Waals surface area (Å²) in [6, 6.07) is 0.0925. The maximum atomic E-state index is 11.7. The lowest BCUT2D eigenvalue weighted by Crippen LogP contribution is -2.43. The predicted molar refractivity (Wildman–Crippen MR) is 75.1 cm³/mol. The summed E-state index contributed by atoms with van der Waals surface area (Å²) in [6.45, 7) is 9.17. The van der Waals surface area contributed by atoms with Gasteiger partial charge in [-0.25, -0.2) is 8.42 Å². The average Bonchev–Trinajstić information content (AvgIpc) is 2.27. The van der Waals surface area contributed by atoms with Crippen LogP contribution in [0.15, 0.2) is 0 Å². The Morgan fingerprint density at radius 1 is 1.12 bits per heavy atom. The van der Waals surface area contributed by atoms with Gasteiger partial charge in [-0.3, -0.25) is 0 Å². The molecule has 0 aromatic carbocycles. The number of sulfone groups is 1. The standard InChI is InChI=1S/C13H29NO2S/c1-6-9-14-13(10-12(7-2)8-3)11(4)17(5,15)16/h11-14H,6-10H2,1-5H3. The zero-order chi connectivity index (χ0) is 13.5. The summed E-state index contributed by atoms with van der Waals surface area (Å²) in [4.78, 5) is 0. The third-order valence-electron chi connectivity index (χ3n) is 3.64. The molecule has 0 aromatic heterocycles. The van der Waals surface area contributed by atoms with E-state index in [0.717, 1.165) is 32.2 Å². The molecule has 0 radical (unpaired) electrons. The molecule has 0 heterocycles. The lowest BCUT2D eigenvalue weighted by Gasteiger charge is -2.27. The highest BCUT2D eigenvalue weighted by Crippen LogP contribution is 2.19. The Kier molecular flexibility index (Phi) is 8.05. The van der Waals surface area contributed by atoms with Crippen molar-refractivity contribution in [2.75, 3.05) is 12.8 Å². The molecule has 3 nitrogen and oxygen atoms in total. The van der Waals surface area contributed by atoms with E-state index in [4.69, 9.17) is 0 Å². The topological polar surface area (TPSA) is 46.2 Å². The Hall–Kier alpha value is -0.0900. The second-order valence-corrected chi connectivity index (χ2v) is 7.42. The zero-order valence-electron chi connectivity index (χ0n) is 12.0. The minimum atomic E-state index is -2.96. The van der Waals surface area contributed by atoms with Gasteiger partial charge in [0.1, 0.15) is 0 Å². The van der Waals surface area contributed by atoms with E-state index in [2.05, 4.69) is 26.1 Å². The lowest BCUT2D eigenvalue weighted by molar-refractivity contribution is 0.358. The van der Waals surface area contributed by atoms with Crippen molar-refractivity contribution in [1.29, 1.82) is 0 Å². The van der Waals surface area contributed by atoms with Gasteiger partial charge in [0, 0.05) is 12.3 Å². The van der Waals surface area contributed by atoms with Crippen LogP contribution in [-0.2, 0) is 9.84 Å². The largest absolute Gasteiger partial charge is 0.313 e. The first kappa shape index (κ1) is 16.9. The lowest BCUT2D eigenvalue weighted by atomic mass is 9.93. The summed E-state index contributed by atoms with van der Waals surface area (Å²) >= 11 is 0. The number of hydrogen-bond acceptors (Lipinski definition) is 3. The molecule has 0 rings (SSSR count). The highest BCUT2D eigenvalue weighted by Gasteiger charge is 2.26. The van der Waals surface area contributed by atoms with Crippen LogP contribution in [0.25, 0.3) is 0 Å². The van der Waals surface area contributed by atoms with Gasteiger partial charge in [0.05, 0.1) is 5.25 Å². The van der Waals surface area contributed by atoms with Gasteiger partial charge in [0.2, 0.25) is 0 Å². The van der Waals surface area contributed by atoms with E-state index in [9.17, 15) is 8.42 Å². The molecule has 0 aliphatic carbocycles. The van der Waals surface area contributed by atoms with Gasteiger partial charge >= 0.3 is 0 Å². The molecule has 1 N–H and O–H groups in total. The predicted octanol–water partition coefficient (Wildman–Crippen LogP) is 2.61. The quantitative estimate of drug-likeness (QED) is 0.695. The fourth-order valence-corrected chi connectivity index (χ4v) is 2.85. The first-order valence-electron chi connectivity index (χ1n) is 6.78. The Morgan fingerprint density at radius 2 is 1.65 bits per heavy atom. The normalized spacial score (nSPS) is 16.1. The molecule has 0 aliphatic heterocycles. The van der Waals surface area contributed by atoms with Crippen LogP contribution in [0.3, 0.4) is 0 Å². The fourth-order valence-electron chi connectivity index (χ4n) is 2.05. The second-order valence-electron chi connectivity index (χ2n) is 5.01. The van der Waals surface area contributed by atoms with Crippen LogP contribution in [0.4, 0.5) is 0 Å². The molecule has 4 heteroatoms. The highest BCUT2D eigenvalue weighted by atomic mass is 32.2. The Morgan fingerprint density at radius 3 is 2.00 bits per heavy atom. The Labute approximate surface area is 107 Å². The van der Waals surface area contributed by atoms with Crippen LogP contribution < -0.4 is 5.32 Å². The monoisotopic (exact) mass is 263 g/mol. The Balaban J connectivity index is 4.63. The minimum Gasteiger partial charge on any atom is -0.313 e. The number of nitrogens with one attached hydrogen (secondary N) is 1. The van der Waals surface area contributed by atoms with Crippen LogP contribution in [-0.4, -0.2) is 32.5 Å². The van der Waals surface area contributed by atoms with Crippen LogP contribution in [0, 0.1) is 5.92 Å². The highest BCUT2D eigenvalue weighted by molar-refractivity contribution is 7.91. The van der Waals surface area contributed by atoms with Gasteiger partial charge in [0.15, 0.2) is 9.84 Å². The van der Waals surface area contributed by atoms with Gasteiger partial charge in [-0.2, -0.15) is 0 Å². The van der Waals surface area contributed by atoms with Gasteiger partial charge < -0.3 is 5.32 Å². The van der Waals surface area contributed by atoms with Crippen molar-refractivity contribution in [1.82, 2.24) is 5.32 Å². The summed E-state index contributed by atoms with van der Waals surface area (Å²) in [6.07, 6.45) is 5.58. The summed E-state index contributed by atoms with van der Waals surface area (Å²) < 4.78 is 23.3. The first-order chi connectivity index (χ1) is 7.86. The number of hydrogen-bond donors (Lipinski definition) is 1. The molecule has 104 valence electrons. The smallest absolute Gasteiger partial charge is 0.151 e. The van der Waals surface area contributed by atoms with Crippen LogP contribution >= 0.6 is 0 Å². The van der Waals surface area contributed by atoms with Crippen molar-refractivity contribution in [2.45, 2.75) is 64.7 Å². The van der Waals surface area contributed by atoms with Crippen molar-refractivity contribution in [3.05, 3.63) is 0 Å². The summed E-state index contributed by atoms with van der Waals surface area (Å²) in [5.41, 5.74) is 0. The van der Waals surface area contributed by atoms with Gasteiger partial charge in [0.25, 0.3) is 0 Å². The van der Waals surface area contributed by atoms with E-state index in [1.54, 1.807) is 0 Å². The first-order valence-corrected chi connectivity index (χ1v) is 8.74. The third-order valence-corrected chi connectivity index (χ3v) is 5.32. The minimum absolute atomic E-state index is 0.0925. The molecule has 2 unspecified atom stereocenters. The molecule has 0 spiro atoms. The molecule has 0 aliphatic rings. The van der Waals surface area contributed by atoms with E-state index in [1.165, 1.54) is 6.26 Å². The summed E-state index contributed by atoms with van der Waals surface area (Å²) in [7, 11) is -2.96. The van der Waals surface area contributed by atoms with Crippen molar-refractivity contribution < 1.29 is 8.42 Å². The van der Waals surface area contributed by atoms with E-state index in [-0.39, 0.29) is 11.3 Å². The van der Waals surface area contributed by atoms with Gasteiger partial charge in [-0.05, 0) is 32.2 Å².